The van der Waals surface area contributed by atoms with Crippen molar-refractivity contribution in [3.05, 3.63) is 48.9 Å². The van der Waals surface area contributed by atoms with Crippen LogP contribution in [-0.4, -0.2) is 11.7 Å². The lowest BCUT2D eigenvalue weighted by Crippen LogP contribution is -2.13. The normalized spacial score (nSPS) is 10.6. The quantitative estimate of drug-likeness (QED) is 0.373. The van der Waals surface area contributed by atoms with Gasteiger partial charge in [-0.05, 0) is 24.3 Å². The molecule has 1 amide bonds. The summed E-state index contributed by atoms with van der Waals surface area (Å²) in [7, 11) is 0. The first-order valence-electron chi connectivity index (χ1n) is 5.03. The molecule has 0 bridgehead atoms. The summed E-state index contributed by atoms with van der Waals surface area (Å²) in [6, 6.07) is 6.49. The van der Waals surface area contributed by atoms with Gasteiger partial charge in [-0.15, -0.1) is 0 Å². The van der Waals surface area contributed by atoms with Crippen molar-refractivity contribution in [1.29, 1.82) is 5.41 Å². The molecule has 18 heavy (non-hydrogen) atoms. The Labute approximate surface area is 104 Å². The van der Waals surface area contributed by atoms with E-state index in [0.717, 1.165) is 6.08 Å². The zero-order chi connectivity index (χ0) is 13.5. The molecule has 0 unspecified atom stereocenters. The maximum Gasteiger partial charge on any atom is 0.247 e. The van der Waals surface area contributed by atoms with Gasteiger partial charge in [0.25, 0.3) is 0 Å². The number of carbonyl (C=O) groups excluding carboxylic acids is 1. The van der Waals surface area contributed by atoms with Crippen molar-refractivity contribution in [3.63, 3.8) is 0 Å². The van der Waals surface area contributed by atoms with Gasteiger partial charge in [0.15, 0.2) is 11.7 Å². The fourth-order valence-electron chi connectivity index (χ4n) is 1.16. The van der Waals surface area contributed by atoms with Crippen molar-refractivity contribution in [2.24, 2.45) is 5.73 Å². The number of benzene rings is 1. The molecular weight excluding hydrogens is 235 g/mol. The van der Waals surface area contributed by atoms with E-state index in [1.54, 1.807) is 24.3 Å². The van der Waals surface area contributed by atoms with E-state index < -0.39 is 11.7 Å². The highest BCUT2D eigenvalue weighted by Gasteiger charge is 2.04. The third kappa shape index (κ3) is 3.75. The highest BCUT2D eigenvalue weighted by molar-refractivity contribution is 6.04. The zero-order valence-corrected chi connectivity index (χ0v) is 9.53. The van der Waals surface area contributed by atoms with Crippen LogP contribution >= 0.6 is 0 Å². The van der Waals surface area contributed by atoms with Crippen LogP contribution in [0.5, 0.6) is 0 Å². The van der Waals surface area contributed by atoms with Crippen LogP contribution < -0.4 is 16.4 Å². The van der Waals surface area contributed by atoms with E-state index in [1.165, 1.54) is 0 Å². The average molecular weight is 248 g/mol. The highest BCUT2D eigenvalue weighted by atomic mass is 19.1. The van der Waals surface area contributed by atoms with Crippen molar-refractivity contribution in [3.8, 4) is 0 Å². The molecule has 0 radical (unpaired) electrons. The summed E-state index contributed by atoms with van der Waals surface area (Å²) in [5, 5.41) is 12.4. The summed E-state index contributed by atoms with van der Waals surface area (Å²) < 4.78 is 12.9. The smallest absolute Gasteiger partial charge is 0.247 e. The monoisotopic (exact) mass is 248 g/mol. The van der Waals surface area contributed by atoms with Gasteiger partial charge in [0.2, 0.25) is 5.91 Å². The fraction of sp³-hybridized carbons (Fsp3) is 0. The van der Waals surface area contributed by atoms with Crippen LogP contribution in [0.3, 0.4) is 0 Å². The lowest BCUT2D eigenvalue weighted by Gasteiger charge is -2.08. The molecule has 1 aromatic carbocycles. The molecule has 1 aromatic rings. The van der Waals surface area contributed by atoms with Gasteiger partial charge in [0.05, 0.1) is 0 Å². The van der Waals surface area contributed by atoms with E-state index >= 15 is 0 Å². The van der Waals surface area contributed by atoms with Gasteiger partial charge in [-0.3, -0.25) is 10.2 Å². The van der Waals surface area contributed by atoms with Crippen LogP contribution in [0.2, 0.25) is 0 Å². The van der Waals surface area contributed by atoms with Crippen molar-refractivity contribution < 1.29 is 9.18 Å². The molecule has 0 saturated heterocycles. The second kappa shape index (κ2) is 6.19. The van der Waals surface area contributed by atoms with E-state index in [-0.39, 0.29) is 5.91 Å². The molecule has 5 nitrogen and oxygen atoms in total. The van der Waals surface area contributed by atoms with Gasteiger partial charge in [-0.25, -0.2) is 4.39 Å². The van der Waals surface area contributed by atoms with Gasteiger partial charge < -0.3 is 16.4 Å². The number of rotatable bonds is 4. The second-order valence-electron chi connectivity index (χ2n) is 3.29. The molecule has 0 aliphatic rings. The first-order chi connectivity index (χ1) is 8.56. The third-order valence-electron chi connectivity index (χ3n) is 1.97. The van der Waals surface area contributed by atoms with E-state index in [0.29, 0.717) is 17.6 Å². The molecule has 0 aromatic heterocycles. The van der Waals surface area contributed by atoms with E-state index in [9.17, 15) is 9.18 Å². The molecule has 0 aliphatic carbocycles. The topological polar surface area (TPSA) is 91.0 Å². The Balaban J connectivity index is 2.79. The molecule has 0 aliphatic heterocycles. The molecule has 0 fully saturated rings. The van der Waals surface area contributed by atoms with Crippen molar-refractivity contribution >= 4 is 23.1 Å². The van der Waals surface area contributed by atoms with E-state index in [4.69, 9.17) is 11.1 Å². The van der Waals surface area contributed by atoms with E-state index in [2.05, 4.69) is 17.2 Å². The van der Waals surface area contributed by atoms with Crippen LogP contribution in [0.1, 0.15) is 0 Å². The number of amidine groups is 1. The average Bonchev–Trinajstić information content (AvgIpc) is 2.37. The summed E-state index contributed by atoms with van der Waals surface area (Å²) >= 11 is 0. The maximum absolute atomic E-state index is 12.9. The number of nitrogens with one attached hydrogen (secondary N) is 3. The van der Waals surface area contributed by atoms with Crippen LogP contribution in [0.4, 0.5) is 15.8 Å². The summed E-state index contributed by atoms with van der Waals surface area (Å²) in [6.45, 7) is 3.33. The summed E-state index contributed by atoms with van der Waals surface area (Å²) in [5.74, 6) is -1.67. The molecule has 5 N–H and O–H groups in total. The number of carbonyl (C=O) groups is 1. The summed E-state index contributed by atoms with van der Waals surface area (Å²) in [4.78, 5) is 11.1. The van der Waals surface area contributed by atoms with Gasteiger partial charge in [0.1, 0.15) is 0 Å². The molecular formula is C12H13FN4O. The Kier molecular flexibility index (Phi) is 4.62. The van der Waals surface area contributed by atoms with Crippen molar-refractivity contribution in [2.45, 2.75) is 0 Å². The minimum absolute atomic E-state index is 0.352. The SMILES string of the molecule is C=CC(=O)Nc1cccc(NC(=N)/C(F)=C\N)c1. The molecule has 0 atom stereocenters. The lowest BCUT2D eigenvalue weighted by molar-refractivity contribution is -0.111. The lowest BCUT2D eigenvalue weighted by atomic mass is 10.2. The Morgan fingerprint density at radius 3 is 2.56 bits per heavy atom. The molecule has 94 valence electrons. The van der Waals surface area contributed by atoms with Gasteiger partial charge >= 0.3 is 0 Å². The number of hydrogen-bond acceptors (Lipinski definition) is 3. The Bertz CT molecular complexity index is 511. The second-order valence-corrected chi connectivity index (χ2v) is 3.29. The summed E-state index contributed by atoms with van der Waals surface area (Å²) in [6.07, 6.45) is 1.83. The van der Waals surface area contributed by atoms with Crippen LogP contribution in [0.25, 0.3) is 0 Å². The number of halogens is 1. The number of hydrogen-bond donors (Lipinski definition) is 4. The van der Waals surface area contributed by atoms with E-state index in [1.807, 2.05) is 0 Å². The van der Waals surface area contributed by atoms with Gasteiger partial charge in [0, 0.05) is 17.6 Å². The third-order valence-corrected chi connectivity index (χ3v) is 1.97. The predicted molar refractivity (Wildman–Crippen MR) is 70.0 cm³/mol. The van der Waals surface area contributed by atoms with Crippen LogP contribution in [-0.2, 0) is 4.79 Å². The standard InChI is InChI=1S/C12H13FN4O/c1-2-11(18)16-8-4-3-5-9(6-8)17-12(15)10(13)7-14/h2-7H,1,14H2,(H2,15,17)(H,16,18)/b10-7+. The predicted octanol–water partition coefficient (Wildman–Crippen LogP) is 1.97. The molecule has 0 saturated carbocycles. The number of amides is 1. The molecule has 1 rings (SSSR count). The Morgan fingerprint density at radius 2 is 2.00 bits per heavy atom. The first-order valence-corrected chi connectivity index (χ1v) is 5.03. The van der Waals surface area contributed by atoms with Crippen LogP contribution in [0, 0.1) is 5.41 Å². The van der Waals surface area contributed by atoms with Crippen molar-refractivity contribution in [2.75, 3.05) is 10.6 Å². The van der Waals surface area contributed by atoms with Gasteiger partial charge in [-0.2, -0.15) is 0 Å². The molecule has 6 heteroatoms. The largest absolute Gasteiger partial charge is 0.402 e. The fourth-order valence-corrected chi connectivity index (χ4v) is 1.16. The minimum atomic E-state index is -0.865. The first kappa shape index (κ1) is 13.4. The zero-order valence-electron chi connectivity index (χ0n) is 9.53. The molecule has 0 heterocycles. The Morgan fingerprint density at radius 1 is 1.39 bits per heavy atom. The summed E-state index contributed by atoms with van der Waals surface area (Å²) in [5.41, 5.74) is 5.92. The Hall–Kier alpha value is -2.63. The number of nitrogens with two attached hydrogens (primary N) is 1. The maximum atomic E-state index is 12.9. The van der Waals surface area contributed by atoms with Crippen molar-refractivity contribution in [1.82, 2.24) is 0 Å². The minimum Gasteiger partial charge on any atom is -0.402 e. The van der Waals surface area contributed by atoms with Crippen LogP contribution in [0.15, 0.2) is 48.9 Å². The molecule has 0 spiro atoms. The number of anilines is 2. The van der Waals surface area contributed by atoms with Gasteiger partial charge in [-0.1, -0.05) is 12.6 Å². The highest BCUT2D eigenvalue weighted by Crippen LogP contribution is 2.16.